The molecule has 3 nitrogen and oxygen atoms in total. The van der Waals surface area contributed by atoms with Gasteiger partial charge in [0.1, 0.15) is 0 Å². The first-order chi connectivity index (χ1) is 9.87. The number of hydrogen-bond donors (Lipinski definition) is 2. The number of halogens is 2. The second-order valence-electron chi connectivity index (χ2n) is 6.87. The van der Waals surface area contributed by atoms with E-state index in [-0.39, 0.29) is 10.6 Å². The molecule has 0 radical (unpaired) electrons. The Morgan fingerprint density at radius 2 is 2.05 bits per heavy atom. The molecule has 1 aromatic carbocycles. The predicted molar refractivity (Wildman–Crippen MR) is 83.7 cm³/mol. The van der Waals surface area contributed by atoms with Crippen LogP contribution in [0.15, 0.2) is 12.1 Å². The number of hydrogen-bond acceptors (Lipinski definition) is 3. The molecule has 1 unspecified atom stereocenters. The molecule has 2 fully saturated rings. The summed E-state index contributed by atoms with van der Waals surface area (Å²) in [5, 5.41) is 13.3. The van der Waals surface area contributed by atoms with Gasteiger partial charge >= 0.3 is 0 Å². The minimum Gasteiger partial charge on any atom is -0.504 e. The third-order valence-electron chi connectivity index (χ3n) is 4.60. The molecule has 0 spiro atoms. The highest BCUT2D eigenvalue weighted by atomic mass is 35.5. The molecule has 116 valence electrons. The lowest BCUT2D eigenvalue weighted by atomic mass is 9.83. The first-order valence-corrected chi connectivity index (χ1v) is 7.97. The van der Waals surface area contributed by atoms with E-state index in [1.54, 1.807) is 6.07 Å². The Morgan fingerprint density at radius 1 is 1.33 bits per heavy atom. The lowest BCUT2D eigenvalue weighted by Gasteiger charge is -2.52. The monoisotopic (exact) mass is 312 g/mol. The molecule has 1 saturated heterocycles. The third-order valence-corrected chi connectivity index (χ3v) is 4.89. The zero-order chi connectivity index (χ0) is 15.2. The number of phenols is 1. The average Bonchev–Trinajstić information content (AvgIpc) is 2.42. The Bertz CT molecular complexity index is 526. The van der Waals surface area contributed by atoms with Crippen LogP contribution in [0, 0.1) is 5.82 Å². The molecular formula is C16H22ClFN2O. The van der Waals surface area contributed by atoms with Gasteiger partial charge in [0.2, 0.25) is 0 Å². The van der Waals surface area contributed by atoms with Gasteiger partial charge in [-0.05, 0) is 32.8 Å². The molecule has 0 bridgehead atoms. The minimum absolute atomic E-state index is 0.0284. The summed E-state index contributed by atoms with van der Waals surface area (Å²) in [5.41, 5.74) is 0.737. The van der Waals surface area contributed by atoms with Gasteiger partial charge in [-0.25, -0.2) is 4.39 Å². The van der Waals surface area contributed by atoms with Crippen molar-refractivity contribution in [2.75, 3.05) is 11.4 Å². The number of rotatable bonds is 1. The van der Waals surface area contributed by atoms with Gasteiger partial charge in [-0.2, -0.15) is 0 Å². The van der Waals surface area contributed by atoms with Gasteiger partial charge in [0, 0.05) is 35.9 Å². The summed E-state index contributed by atoms with van der Waals surface area (Å²) in [7, 11) is 0. The van der Waals surface area contributed by atoms with Crippen LogP contribution in [0.3, 0.4) is 0 Å². The second-order valence-corrected chi connectivity index (χ2v) is 7.28. The van der Waals surface area contributed by atoms with Crippen molar-refractivity contribution < 1.29 is 9.50 Å². The molecule has 3 rings (SSSR count). The molecule has 1 saturated carbocycles. The van der Waals surface area contributed by atoms with Crippen molar-refractivity contribution in [3.63, 3.8) is 0 Å². The van der Waals surface area contributed by atoms with Crippen LogP contribution in [0.5, 0.6) is 5.75 Å². The van der Waals surface area contributed by atoms with E-state index >= 15 is 0 Å². The summed E-state index contributed by atoms with van der Waals surface area (Å²) in [6.45, 7) is 5.14. The molecule has 1 aromatic rings. The fourth-order valence-corrected chi connectivity index (χ4v) is 3.95. The SMILES string of the molecule is CC1(C)CN(c2cc(F)c(O)c(Cl)c2)[C@@H]2CCCCC2N1. The molecule has 2 atom stereocenters. The smallest absolute Gasteiger partial charge is 0.170 e. The molecule has 5 heteroatoms. The molecule has 1 aliphatic carbocycles. The molecular weight excluding hydrogens is 291 g/mol. The van der Waals surface area contributed by atoms with Crippen LogP contribution < -0.4 is 10.2 Å². The minimum atomic E-state index is -0.652. The van der Waals surface area contributed by atoms with Gasteiger partial charge < -0.3 is 15.3 Å². The number of anilines is 1. The van der Waals surface area contributed by atoms with Crippen LogP contribution in [0.2, 0.25) is 5.02 Å². The normalized spacial score (nSPS) is 28.3. The highest BCUT2D eigenvalue weighted by Gasteiger charge is 2.40. The van der Waals surface area contributed by atoms with E-state index in [0.29, 0.717) is 12.1 Å². The molecule has 0 aromatic heterocycles. The van der Waals surface area contributed by atoms with Gasteiger partial charge in [0.25, 0.3) is 0 Å². The Kier molecular flexibility index (Phi) is 3.78. The van der Waals surface area contributed by atoms with Crippen LogP contribution in [0.1, 0.15) is 39.5 Å². The third kappa shape index (κ3) is 2.84. The number of nitrogens with zero attached hydrogens (tertiary/aromatic N) is 1. The van der Waals surface area contributed by atoms with Gasteiger partial charge in [0.05, 0.1) is 5.02 Å². The molecule has 1 aliphatic heterocycles. The van der Waals surface area contributed by atoms with Gasteiger partial charge in [-0.3, -0.25) is 0 Å². The fraction of sp³-hybridized carbons (Fsp3) is 0.625. The number of aromatic hydroxyl groups is 1. The van der Waals surface area contributed by atoms with Crippen molar-refractivity contribution in [2.45, 2.75) is 57.2 Å². The number of phenolic OH excluding ortho intramolecular Hbond substituents is 1. The zero-order valence-corrected chi connectivity index (χ0v) is 13.3. The molecule has 21 heavy (non-hydrogen) atoms. The van der Waals surface area contributed by atoms with Crippen LogP contribution in [0.4, 0.5) is 10.1 Å². The average molecular weight is 313 g/mol. The van der Waals surface area contributed by atoms with Crippen molar-refractivity contribution in [3.05, 3.63) is 23.0 Å². The largest absolute Gasteiger partial charge is 0.504 e. The first-order valence-electron chi connectivity index (χ1n) is 7.60. The van der Waals surface area contributed by atoms with Gasteiger partial charge in [-0.1, -0.05) is 24.4 Å². The molecule has 0 amide bonds. The van der Waals surface area contributed by atoms with Gasteiger partial charge in [-0.15, -0.1) is 0 Å². The maximum absolute atomic E-state index is 13.8. The van der Waals surface area contributed by atoms with Crippen molar-refractivity contribution in [1.82, 2.24) is 5.32 Å². The van der Waals surface area contributed by atoms with E-state index in [9.17, 15) is 9.50 Å². The van der Waals surface area contributed by atoms with Crippen LogP contribution >= 0.6 is 11.6 Å². The lowest BCUT2D eigenvalue weighted by Crippen LogP contribution is -2.67. The summed E-state index contributed by atoms with van der Waals surface area (Å²) in [6, 6.07) is 3.87. The number of nitrogens with one attached hydrogen (secondary N) is 1. The maximum Gasteiger partial charge on any atom is 0.170 e. The Balaban J connectivity index is 1.98. The van der Waals surface area contributed by atoms with E-state index < -0.39 is 11.6 Å². The Morgan fingerprint density at radius 3 is 2.76 bits per heavy atom. The molecule has 2 aliphatic rings. The first kappa shape index (κ1) is 14.9. The zero-order valence-electron chi connectivity index (χ0n) is 12.5. The van der Waals surface area contributed by atoms with Crippen LogP contribution in [-0.4, -0.2) is 29.3 Å². The quantitative estimate of drug-likeness (QED) is 0.830. The highest BCUT2D eigenvalue weighted by molar-refractivity contribution is 6.32. The standard InChI is InChI=1S/C16H22ClFN2O/c1-16(2)9-20(14-6-4-3-5-13(14)19-16)10-7-11(17)15(21)12(18)8-10/h7-8,13-14,19,21H,3-6,9H2,1-2H3/t13?,14-/m1/s1. The summed E-state index contributed by atoms with van der Waals surface area (Å²) in [6.07, 6.45) is 4.70. The Labute approximate surface area is 130 Å². The summed E-state index contributed by atoms with van der Waals surface area (Å²) < 4.78 is 13.8. The highest BCUT2D eigenvalue weighted by Crippen LogP contribution is 2.37. The van der Waals surface area contributed by atoms with E-state index in [0.717, 1.165) is 25.1 Å². The van der Waals surface area contributed by atoms with E-state index in [2.05, 4.69) is 24.1 Å². The Hall–Kier alpha value is -1.00. The van der Waals surface area contributed by atoms with E-state index in [4.69, 9.17) is 11.6 Å². The van der Waals surface area contributed by atoms with Crippen LogP contribution in [-0.2, 0) is 0 Å². The van der Waals surface area contributed by atoms with Crippen LogP contribution in [0.25, 0.3) is 0 Å². The van der Waals surface area contributed by atoms with Crippen molar-refractivity contribution in [2.24, 2.45) is 0 Å². The van der Waals surface area contributed by atoms with Crippen molar-refractivity contribution >= 4 is 17.3 Å². The summed E-state index contributed by atoms with van der Waals surface area (Å²) >= 11 is 5.95. The lowest BCUT2D eigenvalue weighted by molar-refractivity contribution is 0.199. The molecule has 2 N–H and O–H groups in total. The molecule has 1 heterocycles. The predicted octanol–water partition coefficient (Wildman–Crippen LogP) is 3.68. The van der Waals surface area contributed by atoms with Gasteiger partial charge in [0.15, 0.2) is 11.6 Å². The number of benzene rings is 1. The van der Waals surface area contributed by atoms with Crippen molar-refractivity contribution in [1.29, 1.82) is 0 Å². The summed E-state index contributed by atoms with van der Waals surface area (Å²) in [5.74, 6) is -1.11. The van der Waals surface area contributed by atoms with E-state index in [1.807, 2.05) is 0 Å². The fourth-order valence-electron chi connectivity index (χ4n) is 3.74. The maximum atomic E-state index is 13.8. The second kappa shape index (κ2) is 5.33. The summed E-state index contributed by atoms with van der Waals surface area (Å²) in [4.78, 5) is 2.26. The topological polar surface area (TPSA) is 35.5 Å². The van der Waals surface area contributed by atoms with Crippen molar-refractivity contribution in [3.8, 4) is 5.75 Å². The van der Waals surface area contributed by atoms with E-state index in [1.165, 1.54) is 18.9 Å². The number of fused-ring (bicyclic) bond motifs is 1. The number of piperazine rings is 1.